The smallest absolute Gasteiger partial charge is 0.243 e. The van der Waals surface area contributed by atoms with E-state index < -0.39 is 10.0 Å². The lowest BCUT2D eigenvalue weighted by Gasteiger charge is -2.26. The molecule has 1 saturated carbocycles. The maximum atomic E-state index is 12.8. The molecule has 0 spiro atoms. The summed E-state index contributed by atoms with van der Waals surface area (Å²) in [7, 11) is -3.39. The van der Waals surface area contributed by atoms with Crippen molar-refractivity contribution in [3.63, 3.8) is 0 Å². The van der Waals surface area contributed by atoms with Crippen molar-refractivity contribution in [3.05, 3.63) is 30.3 Å². The lowest BCUT2D eigenvalue weighted by Crippen LogP contribution is -2.40. The lowest BCUT2D eigenvalue weighted by molar-refractivity contribution is 0.0182. The first-order valence-corrected chi connectivity index (χ1v) is 9.12. The SMILES string of the molecule is CC(C)CO[C@@H]1[C@H]2CC[C@H]1N(S(=O)(=O)c1ccccc1)C2. The van der Waals surface area contributed by atoms with Crippen LogP contribution in [-0.2, 0) is 14.8 Å². The number of rotatable bonds is 5. The second-order valence-corrected chi connectivity index (χ2v) is 8.37. The number of nitrogens with zero attached hydrogens (tertiary/aromatic N) is 1. The third-order valence-corrected chi connectivity index (χ3v) is 6.34. The summed E-state index contributed by atoms with van der Waals surface area (Å²) in [6.07, 6.45) is 2.07. The molecule has 5 heteroatoms. The predicted molar refractivity (Wildman–Crippen MR) is 81.4 cm³/mol. The summed E-state index contributed by atoms with van der Waals surface area (Å²) in [6.45, 7) is 5.55. The molecule has 1 aromatic rings. The van der Waals surface area contributed by atoms with Gasteiger partial charge in [-0.3, -0.25) is 0 Å². The Hall–Kier alpha value is -0.910. The quantitative estimate of drug-likeness (QED) is 0.839. The summed E-state index contributed by atoms with van der Waals surface area (Å²) >= 11 is 0. The van der Waals surface area contributed by atoms with E-state index in [1.165, 1.54) is 0 Å². The van der Waals surface area contributed by atoms with Gasteiger partial charge in [-0.15, -0.1) is 0 Å². The van der Waals surface area contributed by atoms with Crippen molar-refractivity contribution in [2.45, 2.75) is 43.7 Å². The molecule has 4 nitrogen and oxygen atoms in total. The molecule has 1 aliphatic carbocycles. The van der Waals surface area contributed by atoms with Gasteiger partial charge in [-0.25, -0.2) is 8.42 Å². The average Bonchev–Trinajstić information content (AvgIpc) is 3.03. The molecule has 2 aliphatic rings. The molecular formula is C16H23NO3S. The number of ether oxygens (including phenoxy) is 1. The van der Waals surface area contributed by atoms with Crippen molar-refractivity contribution in [1.29, 1.82) is 0 Å². The molecule has 1 aromatic carbocycles. The van der Waals surface area contributed by atoms with Gasteiger partial charge in [-0.05, 0) is 30.9 Å². The van der Waals surface area contributed by atoms with E-state index in [1.54, 1.807) is 28.6 Å². The number of hydrogen-bond acceptors (Lipinski definition) is 3. The zero-order valence-electron chi connectivity index (χ0n) is 12.6. The third kappa shape index (κ3) is 2.74. The molecular weight excluding hydrogens is 286 g/mol. The van der Waals surface area contributed by atoms with Crippen LogP contribution in [0, 0.1) is 11.8 Å². The fourth-order valence-corrected chi connectivity index (χ4v) is 5.19. The molecule has 0 unspecified atom stereocenters. The number of piperidine rings is 1. The zero-order chi connectivity index (χ0) is 15.0. The van der Waals surface area contributed by atoms with Gasteiger partial charge in [0.05, 0.1) is 17.0 Å². The summed E-state index contributed by atoms with van der Waals surface area (Å²) in [5, 5.41) is 0. The minimum atomic E-state index is -3.39. The van der Waals surface area contributed by atoms with Crippen LogP contribution in [-0.4, -0.2) is 38.0 Å². The summed E-state index contributed by atoms with van der Waals surface area (Å²) < 4.78 is 33.2. The second-order valence-electron chi connectivity index (χ2n) is 6.48. The summed E-state index contributed by atoms with van der Waals surface area (Å²) in [5.74, 6) is 0.830. The Morgan fingerprint density at radius 1 is 1.24 bits per heavy atom. The molecule has 0 aromatic heterocycles. The standard InChI is InChI=1S/C16H23NO3S/c1-12(2)11-20-16-13-8-9-15(16)17(10-13)21(18,19)14-6-4-3-5-7-14/h3-7,12-13,15-16H,8-11H2,1-2H3/t13-,15+,16+/m0/s1. The van der Waals surface area contributed by atoms with Crippen molar-refractivity contribution in [2.24, 2.45) is 11.8 Å². The number of fused-ring (bicyclic) bond motifs is 2. The van der Waals surface area contributed by atoms with Gasteiger partial charge in [0, 0.05) is 19.1 Å². The van der Waals surface area contributed by atoms with Gasteiger partial charge < -0.3 is 4.74 Å². The minimum absolute atomic E-state index is 0.0129. The molecule has 2 fully saturated rings. The van der Waals surface area contributed by atoms with E-state index in [9.17, 15) is 8.42 Å². The fourth-order valence-electron chi connectivity index (χ4n) is 3.45. The van der Waals surface area contributed by atoms with Crippen LogP contribution in [0.5, 0.6) is 0 Å². The van der Waals surface area contributed by atoms with Crippen molar-refractivity contribution in [1.82, 2.24) is 4.31 Å². The Morgan fingerprint density at radius 2 is 1.95 bits per heavy atom. The summed E-state index contributed by atoms with van der Waals surface area (Å²) in [4.78, 5) is 0.389. The Morgan fingerprint density at radius 3 is 2.62 bits per heavy atom. The Kier molecular flexibility index (Phi) is 4.08. The number of sulfonamides is 1. The van der Waals surface area contributed by atoms with Crippen LogP contribution in [0.25, 0.3) is 0 Å². The number of benzene rings is 1. The molecule has 3 atom stereocenters. The average molecular weight is 309 g/mol. The topological polar surface area (TPSA) is 46.6 Å². The van der Waals surface area contributed by atoms with E-state index in [0.29, 0.717) is 29.9 Å². The molecule has 1 aliphatic heterocycles. The van der Waals surface area contributed by atoms with Gasteiger partial charge in [-0.2, -0.15) is 4.31 Å². The molecule has 3 rings (SSSR count). The molecule has 1 saturated heterocycles. The van der Waals surface area contributed by atoms with Crippen molar-refractivity contribution in [3.8, 4) is 0 Å². The van der Waals surface area contributed by atoms with Crippen LogP contribution in [0.3, 0.4) is 0 Å². The molecule has 1 heterocycles. The van der Waals surface area contributed by atoms with E-state index in [1.807, 2.05) is 6.07 Å². The summed E-state index contributed by atoms with van der Waals surface area (Å²) in [6, 6.07) is 8.74. The Balaban J connectivity index is 1.79. The van der Waals surface area contributed by atoms with Crippen molar-refractivity contribution < 1.29 is 13.2 Å². The molecule has 2 bridgehead atoms. The first kappa shape index (κ1) is 15.0. The van der Waals surface area contributed by atoms with Crippen LogP contribution in [0.1, 0.15) is 26.7 Å². The highest BCUT2D eigenvalue weighted by Gasteiger charge is 2.52. The summed E-state index contributed by atoms with van der Waals surface area (Å²) in [5.41, 5.74) is 0. The highest BCUT2D eigenvalue weighted by atomic mass is 32.2. The highest BCUT2D eigenvalue weighted by Crippen LogP contribution is 2.42. The Labute approximate surface area is 127 Å². The van der Waals surface area contributed by atoms with Gasteiger partial charge in [-0.1, -0.05) is 32.0 Å². The van der Waals surface area contributed by atoms with E-state index in [2.05, 4.69) is 13.8 Å². The second kappa shape index (κ2) is 5.71. The highest BCUT2D eigenvalue weighted by molar-refractivity contribution is 7.89. The van der Waals surface area contributed by atoms with Gasteiger partial charge >= 0.3 is 0 Å². The first-order valence-electron chi connectivity index (χ1n) is 7.68. The third-order valence-electron chi connectivity index (χ3n) is 4.43. The largest absolute Gasteiger partial charge is 0.376 e. The van der Waals surface area contributed by atoms with E-state index in [0.717, 1.165) is 12.8 Å². The lowest BCUT2D eigenvalue weighted by atomic mass is 10.1. The van der Waals surface area contributed by atoms with Crippen LogP contribution in [0.4, 0.5) is 0 Å². The fraction of sp³-hybridized carbons (Fsp3) is 0.625. The van der Waals surface area contributed by atoms with Crippen molar-refractivity contribution >= 4 is 10.0 Å². The van der Waals surface area contributed by atoms with Crippen LogP contribution in [0.2, 0.25) is 0 Å². The maximum absolute atomic E-state index is 12.8. The van der Waals surface area contributed by atoms with E-state index in [-0.39, 0.29) is 12.1 Å². The van der Waals surface area contributed by atoms with Crippen LogP contribution >= 0.6 is 0 Å². The van der Waals surface area contributed by atoms with Gasteiger partial charge in [0.25, 0.3) is 0 Å². The monoisotopic (exact) mass is 309 g/mol. The molecule has 0 radical (unpaired) electrons. The Bertz CT molecular complexity index is 585. The van der Waals surface area contributed by atoms with Gasteiger partial charge in [0.1, 0.15) is 0 Å². The normalized spacial score (nSPS) is 29.4. The minimum Gasteiger partial charge on any atom is -0.376 e. The van der Waals surface area contributed by atoms with Crippen LogP contribution in [0.15, 0.2) is 35.2 Å². The van der Waals surface area contributed by atoms with Gasteiger partial charge in [0.15, 0.2) is 0 Å². The maximum Gasteiger partial charge on any atom is 0.243 e. The van der Waals surface area contributed by atoms with Crippen LogP contribution < -0.4 is 0 Å². The van der Waals surface area contributed by atoms with E-state index >= 15 is 0 Å². The predicted octanol–water partition coefficient (Wildman–Crippen LogP) is 2.51. The number of hydrogen-bond donors (Lipinski definition) is 0. The molecule has 116 valence electrons. The first-order chi connectivity index (χ1) is 10.00. The molecule has 0 N–H and O–H groups in total. The van der Waals surface area contributed by atoms with Gasteiger partial charge in [0.2, 0.25) is 10.0 Å². The zero-order valence-corrected chi connectivity index (χ0v) is 13.4. The van der Waals surface area contributed by atoms with Crippen molar-refractivity contribution in [2.75, 3.05) is 13.2 Å². The molecule has 0 amide bonds. The van der Waals surface area contributed by atoms with E-state index in [4.69, 9.17) is 4.74 Å². The molecule has 21 heavy (non-hydrogen) atoms.